The van der Waals surface area contributed by atoms with Crippen LogP contribution >= 0.6 is 0 Å². The van der Waals surface area contributed by atoms with Crippen LogP contribution in [-0.4, -0.2) is 49.2 Å². The summed E-state index contributed by atoms with van der Waals surface area (Å²) in [5.74, 6) is 0.971. The Morgan fingerprint density at radius 2 is 1.71 bits per heavy atom. The number of hydrogen-bond acceptors (Lipinski definition) is 4. The molecule has 3 aromatic rings. The number of hydrogen-bond donors (Lipinski definition) is 1. The van der Waals surface area contributed by atoms with E-state index < -0.39 is 0 Å². The Hall–Kier alpha value is -2.59. The molecule has 0 aliphatic carbocycles. The average molecular weight is 375 g/mol. The van der Waals surface area contributed by atoms with Crippen LogP contribution in [0.1, 0.15) is 17.5 Å². The van der Waals surface area contributed by atoms with Crippen LogP contribution in [0.3, 0.4) is 0 Å². The predicted molar refractivity (Wildman–Crippen MR) is 119 cm³/mol. The van der Waals surface area contributed by atoms with Crippen molar-refractivity contribution in [3.05, 3.63) is 65.7 Å². The van der Waals surface area contributed by atoms with Crippen LogP contribution < -0.4 is 10.2 Å². The fourth-order valence-corrected chi connectivity index (χ4v) is 3.97. The number of fused-ring (bicyclic) bond motifs is 1. The van der Waals surface area contributed by atoms with E-state index in [9.17, 15) is 0 Å². The van der Waals surface area contributed by atoms with Crippen LogP contribution in [0.5, 0.6) is 0 Å². The van der Waals surface area contributed by atoms with Crippen LogP contribution in [0.2, 0.25) is 0 Å². The third kappa shape index (κ3) is 4.28. The molecule has 1 N–H and O–H groups in total. The fraction of sp³-hybridized carbons (Fsp3) is 0.375. The van der Waals surface area contributed by atoms with E-state index in [2.05, 4.69) is 82.5 Å². The zero-order chi connectivity index (χ0) is 19.3. The van der Waals surface area contributed by atoms with Gasteiger partial charge < -0.3 is 10.2 Å². The number of nitrogens with zero attached hydrogens (tertiary/aromatic N) is 3. The van der Waals surface area contributed by atoms with Gasteiger partial charge in [-0.25, -0.2) is 4.98 Å². The number of benzene rings is 2. The lowest BCUT2D eigenvalue weighted by Crippen LogP contribution is -2.47. The monoisotopic (exact) mass is 374 g/mol. The zero-order valence-electron chi connectivity index (χ0n) is 17.0. The van der Waals surface area contributed by atoms with Crippen LogP contribution in [0.4, 0.5) is 11.5 Å². The summed E-state index contributed by atoms with van der Waals surface area (Å²) >= 11 is 0. The Balaban J connectivity index is 1.21. The fourth-order valence-electron chi connectivity index (χ4n) is 3.97. The third-order valence-electron chi connectivity index (χ3n) is 5.84. The molecular formula is C24H30N4. The maximum atomic E-state index is 4.69. The van der Waals surface area contributed by atoms with Crippen LogP contribution in [-0.2, 0) is 0 Å². The molecule has 0 bridgehead atoms. The summed E-state index contributed by atoms with van der Waals surface area (Å²) in [6.07, 6.45) is 1.14. The van der Waals surface area contributed by atoms with Crippen LogP contribution in [0.15, 0.2) is 54.6 Å². The first-order valence-electron chi connectivity index (χ1n) is 10.3. The quantitative estimate of drug-likeness (QED) is 0.645. The molecule has 4 rings (SSSR count). The first-order chi connectivity index (χ1) is 13.7. The predicted octanol–water partition coefficient (Wildman–Crippen LogP) is 4.48. The normalized spacial score (nSPS) is 15.1. The highest BCUT2D eigenvalue weighted by Crippen LogP contribution is 2.23. The van der Waals surface area contributed by atoms with Crippen molar-refractivity contribution in [3.8, 4) is 0 Å². The van der Waals surface area contributed by atoms with Gasteiger partial charge in [-0.15, -0.1) is 0 Å². The Kier molecular flexibility index (Phi) is 5.77. The van der Waals surface area contributed by atoms with Gasteiger partial charge in [0.15, 0.2) is 0 Å². The van der Waals surface area contributed by atoms with Crippen molar-refractivity contribution >= 4 is 22.4 Å². The van der Waals surface area contributed by atoms with Gasteiger partial charge in [0.1, 0.15) is 5.82 Å². The lowest BCUT2D eigenvalue weighted by molar-refractivity contribution is 0.257. The highest BCUT2D eigenvalue weighted by atomic mass is 15.3. The number of rotatable bonds is 6. The van der Waals surface area contributed by atoms with Crippen molar-refractivity contribution in [2.45, 2.75) is 20.3 Å². The topological polar surface area (TPSA) is 31.4 Å². The van der Waals surface area contributed by atoms with Crippen LogP contribution in [0.25, 0.3) is 10.9 Å². The van der Waals surface area contributed by atoms with Gasteiger partial charge in [-0.3, -0.25) is 4.90 Å². The SMILES string of the molecule is Cc1cccc(N2CCN(CCCNc3ccc4ccccc4n3)CC2)c1C. The number of anilines is 2. The van der Waals surface area contributed by atoms with Crippen molar-refractivity contribution in [1.29, 1.82) is 0 Å². The van der Waals surface area contributed by atoms with Gasteiger partial charge in [0.25, 0.3) is 0 Å². The van der Waals surface area contributed by atoms with E-state index in [0.717, 1.165) is 57.0 Å². The molecule has 146 valence electrons. The summed E-state index contributed by atoms with van der Waals surface area (Å²) in [5.41, 5.74) is 5.26. The maximum absolute atomic E-state index is 4.69. The Labute approximate surface area is 168 Å². The summed E-state index contributed by atoms with van der Waals surface area (Å²) in [4.78, 5) is 9.81. The number of aryl methyl sites for hydroxylation is 1. The van der Waals surface area contributed by atoms with Crippen molar-refractivity contribution in [2.24, 2.45) is 0 Å². The van der Waals surface area contributed by atoms with E-state index in [4.69, 9.17) is 0 Å². The standard InChI is InChI=1S/C24H30N4/c1-19-7-5-10-23(20(19)2)28-17-15-27(16-18-28)14-6-13-25-24-12-11-21-8-3-4-9-22(21)26-24/h3-5,7-12H,6,13-18H2,1-2H3,(H,25,26). The number of nitrogens with one attached hydrogen (secondary N) is 1. The average Bonchev–Trinajstić information content (AvgIpc) is 2.74. The smallest absolute Gasteiger partial charge is 0.126 e. The molecule has 1 aliphatic rings. The van der Waals surface area contributed by atoms with Crippen LogP contribution in [0, 0.1) is 13.8 Å². The van der Waals surface area contributed by atoms with E-state index in [-0.39, 0.29) is 0 Å². The molecule has 0 saturated carbocycles. The summed E-state index contributed by atoms with van der Waals surface area (Å²) in [6.45, 7) is 11.1. The minimum atomic E-state index is 0.961. The molecule has 2 heterocycles. The van der Waals surface area contributed by atoms with E-state index in [0.29, 0.717) is 0 Å². The Morgan fingerprint density at radius 1 is 0.893 bits per heavy atom. The van der Waals surface area contributed by atoms with Gasteiger partial charge in [-0.2, -0.15) is 0 Å². The van der Waals surface area contributed by atoms with E-state index in [1.165, 1.54) is 22.2 Å². The summed E-state index contributed by atoms with van der Waals surface area (Å²) < 4.78 is 0. The van der Waals surface area contributed by atoms with E-state index >= 15 is 0 Å². The summed E-state index contributed by atoms with van der Waals surface area (Å²) in [5, 5.41) is 4.67. The number of para-hydroxylation sites is 1. The summed E-state index contributed by atoms with van der Waals surface area (Å²) in [7, 11) is 0. The molecular weight excluding hydrogens is 344 g/mol. The molecule has 0 unspecified atom stereocenters. The number of pyridine rings is 1. The summed E-state index contributed by atoms with van der Waals surface area (Å²) in [6, 6.07) is 19.1. The maximum Gasteiger partial charge on any atom is 0.126 e. The molecule has 0 atom stereocenters. The van der Waals surface area contributed by atoms with Gasteiger partial charge >= 0.3 is 0 Å². The van der Waals surface area contributed by atoms with Crippen molar-refractivity contribution in [1.82, 2.24) is 9.88 Å². The zero-order valence-corrected chi connectivity index (χ0v) is 17.0. The minimum absolute atomic E-state index is 0.961. The lowest BCUT2D eigenvalue weighted by Gasteiger charge is -2.37. The first-order valence-corrected chi connectivity index (χ1v) is 10.3. The van der Waals surface area contributed by atoms with Crippen molar-refractivity contribution in [2.75, 3.05) is 49.5 Å². The highest BCUT2D eigenvalue weighted by Gasteiger charge is 2.18. The molecule has 0 radical (unpaired) electrons. The Bertz CT molecular complexity index is 929. The van der Waals surface area contributed by atoms with Crippen molar-refractivity contribution in [3.63, 3.8) is 0 Å². The molecule has 0 amide bonds. The first kappa shape index (κ1) is 18.8. The lowest BCUT2D eigenvalue weighted by atomic mass is 10.1. The molecule has 1 aliphatic heterocycles. The van der Waals surface area contributed by atoms with Gasteiger partial charge in [-0.05, 0) is 62.2 Å². The molecule has 1 aromatic heterocycles. The number of aromatic nitrogens is 1. The Morgan fingerprint density at radius 3 is 2.57 bits per heavy atom. The highest BCUT2D eigenvalue weighted by molar-refractivity contribution is 5.80. The molecule has 1 saturated heterocycles. The van der Waals surface area contributed by atoms with Gasteiger partial charge in [0.05, 0.1) is 5.52 Å². The van der Waals surface area contributed by atoms with Gasteiger partial charge in [0, 0.05) is 43.8 Å². The third-order valence-corrected chi connectivity index (χ3v) is 5.84. The molecule has 28 heavy (non-hydrogen) atoms. The second-order valence-electron chi connectivity index (χ2n) is 7.72. The second kappa shape index (κ2) is 8.61. The van der Waals surface area contributed by atoms with Gasteiger partial charge in [-0.1, -0.05) is 30.3 Å². The molecule has 4 heteroatoms. The molecule has 1 fully saturated rings. The second-order valence-corrected chi connectivity index (χ2v) is 7.72. The molecule has 0 spiro atoms. The molecule has 2 aromatic carbocycles. The minimum Gasteiger partial charge on any atom is -0.370 e. The van der Waals surface area contributed by atoms with E-state index in [1.807, 2.05) is 6.07 Å². The number of piperazine rings is 1. The van der Waals surface area contributed by atoms with Crippen molar-refractivity contribution < 1.29 is 0 Å². The van der Waals surface area contributed by atoms with E-state index in [1.54, 1.807) is 0 Å². The molecule has 4 nitrogen and oxygen atoms in total. The largest absolute Gasteiger partial charge is 0.370 e. The van der Waals surface area contributed by atoms with Gasteiger partial charge in [0.2, 0.25) is 0 Å².